The molecule has 2 heterocycles. The summed E-state index contributed by atoms with van der Waals surface area (Å²) in [5, 5.41) is 9.89. The molecule has 0 saturated heterocycles. The molecule has 2 aliphatic rings. The van der Waals surface area contributed by atoms with Crippen molar-refractivity contribution in [1.82, 2.24) is 14.5 Å². The molecule has 3 rings (SSSR count). The van der Waals surface area contributed by atoms with Crippen LogP contribution < -0.4 is 10.6 Å². The van der Waals surface area contributed by atoms with Gasteiger partial charge in [-0.05, 0) is 19.8 Å². The number of hydrogen-bond acceptors (Lipinski definition) is 5. The first-order chi connectivity index (χ1) is 11.5. The fourth-order valence-corrected chi connectivity index (χ4v) is 2.47. The van der Waals surface area contributed by atoms with Crippen LogP contribution in [-0.4, -0.2) is 30.5 Å². The number of anilines is 1. The monoisotopic (exact) mass is 356 g/mol. The lowest BCUT2D eigenvalue weighted by atomic mass is 10.1. The molecular formula is C17H32N4O2S. The van der Waals surface area contributed by atoms with Crippen molar-refractivity contribution >= 4 is 15.8 Å². The summed E-state index contributed by atoms with van der Waals surface area (Å²) in [6.45, 7) is 11.4. The van der Waals surface area contributed by atoms with Crippen LogP contribution in [0.3, 0.4) is 0 Å². The van der Waals surface area contributed by atoms with E-state index in [-0.39, 0.29) is 0 Å². The molecular weight excluding hydrogens is 324 g/mol. The quantitative estimate of drug-likeness (QED) is 0.805. The molecule has 0 atom stereocenters. The van der Waals surface area contributed by atoms with E-state index in [1.54, 1.807) is 0 Å². The number of aromatic nitrogens is 2. The Balaban J connectivity index is 0.000000408. The van der Waals surface area contributed by atoms with Crippen LogP contribution in [0.5, 0.6) is 0 Å². The van der Waals surface area contributed by atoms with Crippen LogP contribution in [0.2, 0.25) is 0 Å². The first-order valence-corrected chi connectivity index (χ1v) is 10.4. The van der Waals surface area contributed by atoms with Crippen molar-refractivity contribution in [1.29, 1.82) is 0 Å². The van der Waals surface area contributed by atoms with Crippen LogP contribution in [0.1, 0.15) is 53.0 Å². The molecule has 138 valence electrons. The molecule has 6 nitrogen and oxygen atoms in total. The van der Waals surface area contributed by atoms with Crippen LogP contribution >= 0.6 is 0 Å². The second kappa shape index (κ2) is 11.9. The van der Waals surface area contributed by atoms with Gasteiger partial charge in [-0.2, -0.15) is 4.09 Å². The second-order valence-corrected chi connectivity index (χ2v) is 6.69. The molecule has 2 N–H and O–H groups in total. The van der Waals surface area contributed by atoms with Crippen molar-refractivity contribution in [3.05, 3.63) is 35.6 Å². The van der Waals surface area contributed by atoms with Gasteiger partial charge < -0.3 is 5.32 Å². The van der Waals surface area contributed by atoms with Gasteiger partial charge in [-0.25, -0.2) is 8.42 Å². The average molecular weight is 357 g/mol. The van der Waals surface area contributed by atoms with Crippen LogP contribution in [-0.2, 0) is 16.6 Å². The molecule has 0 radical (unpaired) electrons. The molecule has 0 unspecified atom stereocenters. The predicted octanol–water partition coefficient (Wildman–Crippen LogP) is 3.50. The Morgan fingerprint density at radius 1 is 1.17 bits per heavy atom. The zero-order valence-electron chi connectivity index (χ0n) is 15.8. The molecule has 7 heteroatoms. The minimum atomic E-state index is -3.26. The van der Waals surface area contributed by atoms with Crippen LogP contribution in [0.25, 0.3) is 0 Å². The summed E-state index contributed by atoms with van der Waals surface area (Å²) in [7, 11) is -3.26. The highest BCUT2D eigenvalue weighted by atomic mass is 32.2. The van der Waals surface area contributed by atoms with E-state index in [2.05, 4.69) is 40.9 Å². The molecule has 0 bridgehead atoms. The van der Waals surface area contributed by atoms with E-state index in [9.17, 15) is 8.42 Å². The van der Waals surface area contributed by atoms with Gasteiger partial charge in [0.25, 0.3) is 10.0 Å². The maximum atomic E-state index is 11.1. The van der Waals surface area contributed by atoms with Gasteiger partial charge in [-0.1, -0.05) is 51.5 Å². The minimum Gasteiger partial charge on any atom is -0.356 e. The molecule has 1 aliphatic heterocycles. The van der Waals surface area contributed by atoms with Gasteiger partial charge in [-0.15, -0.1) is 5.10 Å². The van der Waals surface area contributed by atoms with Gasteiger partial charge in [-0.3, -0.25) is 5.32 Å². The van der Waals surface area contributed by atoms with E-state index in [0.29, 0.717) is 19.0 Å². The Hall–Kier alpha value is -1.60. The Morgan fingerprint density at radius 3 is 2.25 bits per heavy atom. The summed E-state index contributed by atoms with van der Waals surface area (Å²) < 4.78 is 23.2. The highest BCUT2D eigenvalue weighted by Crippen LogP contribution is 2.15. The second-order valence-electron chi connectivity index (χ2n) is 4.85. The summed E-state index contributed by atoms with van der Waals surface area (Å²) >= 11 is 0. The first-order valence-electron chi connectivity index (χ1n) is 8.54. The van der Waals surface area contributed by atoms with E-state index in [4.69, 9.17) is 0 Å². The number of nitrogens with one attached hydrogen (secondary N) is 2. The van der Waals surface area contributed by atoms with E-state index in [1.165, 1.54) is 24.6 Å². The van der Waals surface area contributed by atoms with Gasteiger partial charge in [0.1, 0.15) is 0 Å². The van der Waals surface area contributed by atoms with Crippen LogP contribution in [0.15, 0.2) is 30.0 Å². The highest BCUT2D eigenvalue weighted by molar-refractivity contribution is 7.89. The molecule has 24 heavy (non-hydrogen) atoms. The number of fused-ring (bicyclic) bond motifs is 1. The lowest BCUT2D eigenvalue weighted by Crippen LogP contribution is -2.26. The smallest absolute Gasteiger partial charge is 0.250 e. The Labute approximate surface area is 147 Å². The maximum Gasteiger partial charge on any atom is 0.250 e. The topological polar surface area (TPSA) is 76.0 Å². The van der Waals surface area contributed by atoms with E-state index < -0.39 is 10.0 Å². The molecule has 0 fully saturated rings. The fraction of sp³-hybridized carbons (Fsp3) is 0.588. The largest absolute Gasteiger partial charge is 0.356 e. The third-order valence-electron chi connectivity index (χ3n) is 2.99. The Bertz CT molecular complexity index is 608. The van der Waals surface area contributed by atoms with E-state index in [1.807, 2.05) is 27.7 Å². The number of allylic oxidation sites excluding steroid dienone is 4. The first kappa shape index (κ1) is 22.4. The molecule has 0 spiro atoms. The van der Waals surface area contributed by atoms with Gasteiger partial charge >= 0.3 is 0 Å². The van der Waals surface area contributed by atoms with Gasteiger partial charge in [0.15, 0.2) is 5.82 Å². The van der Waals surface area contributed by atoms with E-state index in [0.717, 1.165) is 15.9 Å². The highest BCUT2D eigenvalue weighted by Gasteiger charge is 2.16. The summed E-state index contributed by atoms with van der Waals surface area (Å²) in [5.41, 5.74) is 2.28. The van der Waals surface area contributed by atoms with Crippen LogP contribution in [0, 0.1) is 0 Å². The summed E-state index contributed by atoms with van der Waals surface area (Å²) in [6.07, 6.45) is 11.8. The predicted molar refractivity (Wildman–Crippen MR) is 103 cm³/mol. The molecule has 1 aromatic heterocycles. The number of hydrogen-bond donors (Lipinski definition) is 2. The van der Waals surface area contributed by atoms with Crippen molar-refractivity contribution in [3.8, 4) is 0 Å². The molecule has 0 aromatic carbocycles. The Kier molecular flexibility index (Phi) is 11.1. The minimum absolute atomic E-state index is 0.619. The molecule has 0 saturated carbocycles. The Morgan fingerprint density at radius 2 is 1.83 bits per heavy atom. The van der Waals surface area contributed by atoms with Crippen molar-refractivity contribution in [2.24, 2.45) is 0 Å². The third-order valence-corrected chi connectivity index (χ3v) is 3.85. The standard InChI is InChI=1S/C7H10.C6H10N4O2S.2C2H6/c1-7-5-3-2-4-6-7;1-13(11,12)10-3-5-2-7-4-8-6(5)9-10;2*1-2/h3,5-6H,2,4H2,1H3;3,7H,2,4H2,1H3,(H,8,9);2*1-2H3. The molecule has 1 aliphatic carbocycles. The lowest BCUT2D eigenvalue weighted by Gasteiger charge is -2.12. The zero-order valence-corrected chi connectivity index (χ0v) is 16.6. The maximum absolute atomic E-state index is 11.1. The normalized spacial score (nSPS) is 15.0. The third kappa shape index (κ3) is 7.79. The lowest BCUT2D eigenvalue weighted by molar-refractivity contribution is 0.586. The van der Waals surface area contributed by atoms with Crippen molar-refractivity contribution in [2.45, 2.75) is 54.0 Å². The van der Waals surface area contributed by atoms with Gasteiger partial charge in [0.2, 0.25) is 0 Å². The molecule has 0 amide bonds. The number of rotatable bonds is 1. The summed E-state index contributed by atoms with van der Waals surface area (Å²) in [6, 6.07) is 0. The summed E-state index contributed by atoms with van der Waals surface area (Å²) in [4.78, 5) is 0. The van der Waals surface area contributed by atoms with Gasteiger partial charge in [0.05, 0.1) is 12.9 Å². The van der Waals surface area contributed by atoms with E-state index >= 15 is 0 Å². The average Bonchev–Trinajstić information content (AvgIpc) is 3.04. The zero-order chi connectivity index (χ0) is 18.6. The number of nitrogens with zero attached hydrogens (tertiary/aromatic N) is 2. The van der Waals surface area contributed by atoms with Crippen molar-refractivity contribution < 1.29 is 8.42 Å². The van der Waals surface area contributed by atoms with Crippen molar-refractivity contribution in [3.63, 3.8) is 0 Å². The van der Waals surface area contributed by atoms with Crippen molar-refractivity contribution in [2.75, 3.05) is 18.2 Å². The van der Waals surface area contributed by atoms with Crippen LogP contribution in [0.4, 0.5) is 5.82 Å². The molecule has 1 aromatic rings. The summed E-state index contributed by atoms with van der Waals surface area (Å²) in [5.74, 6) is 0.643. The fourth-order valence-electron chi connectivity index (χ4n) is 1.92. The SMILES string of the molecule is CC.CC.CC1=CCCC=C1.CS(=O)(=O)n1cc2c(n1)NCNC2. The van der Waals surface area contributed by atoms with Gasteiger partial charge in [0, 0.05) is 18.3 Å².